The summed E-state index contributed by atoms with van der Waals surface area (Å²) in [6.07, 6.45) is 0. The Labute approximate surface area is 109 Å². The van der Waals surface area contributed by atoms with E-state index in [2.05, 4.69) is 65.8 Å². The third-order valence-corrected chi connectivity index (χ3v) is 11.3. The van der Waals surface area contributed by atoms with Gasteiger partial charge in [0.05, 0.1) is 0 Å². The van der Waals surface area contributed by atoms with Crippen molar-refractivity contribution in [2.45, 2.75) is 57.8 Å². The van der Waals surface area contributed by atoms with Gasteiger partial charge in [-0.2, -0.15) is 0 Å². The van der Waals surface area contributed by atoms with Gasteiger partial charge >= 0.3 is 0 Å². The monoisotopic (exact) mass is 266 g/mol. The number of fused-ring (bicyclic) bond motifs is 1. The highest BCUT2D eigenvalue weighted by molar-refractivity contribution is 7.90. The summed E-state index contributed by atoms with van der Waals surface area (Å²) in [5.74, 6) is 0. The predicted octanol–water partition coefficient (Wildman–Crippen LogP) is 4.47. The lowest BCUT2D eigenvalue weighted by atomic mass is 10.4. The van der Waals surface area contributed by atoms with Crippen LogP contribution in [0.5, 0.6) is 0 Å². The van der Waals surface area contributed by atoms with Crippen LogP contribution in [0.1, 0.15) is 41.5 Å². The lowest BCUT2D eigenvalue weighted by molar-refractivity contribution is 0.934. The molecule has 0 saturated carbocycles. The quantitative estimate of drug-likeness (QED) is 0.693. The van der Waals surface area contributed by atoms with Crippen LogP contribution < -0.4 is 10.6 Å². The zero-order valence-electron chi connectivity index (χ0n) is 11.9. The lowest BCUT2D eigenvalue weighted by Gasteiger charge is -2.38. The normalized spacial score (nSPS) is 26.6. The van der Waals surface area contributed by atoms with Gasteiger partial charge in [-0.15, -0.1) is 0 Å². The molecule has 0 N–H and O–H groups in total. The first-order valence-corrected chi connectivity index (χ1v) is 9.37. The third-order valence-electron chi connectivity index (χ3n) is 3.61. The zero-order valence-corrected chi connectivity index (χ0v) is 13.6. The van der Waals surface area contributed by atoms with E-state index in [-0.39, 0.29) is 15.8 Å². The molecule has 2 rings (SSSR count). The summed E-state index contributed by atoms with van der Waals surface area (Å²) in [5, 5.41) is 3.39. The van der Waals surface area contributed by atoms with Crippen molar-refractivity contribution in [2.24, 2.45) is 0 Å². The summed E-state index contributed by atoms with van der Waals surface area (Å²) in [5.41, 5.74) is 1.60. The molecular formula is C15H24P2. The van der Waals surface area contributed by atoms with E-state index in [9.17, 15) is 0 Å². The summed E-state index contributed by atoms with van der Waals surface area (Å²) in [6.45, 7) is 14.7. The smallest absolute Gasteiger partial charge is 0.0136 e. The fraction of sp³-hybridized carbons (Fsp3) is 0.600. The Morgan fingerprint density at radius 2 is 1.18 bits per heavy atom. The first-order chi connectivity index (χ1) is 7.87. The fourth-order valence-electron chi connectivity index (χ4n) is 3.40. The maximum atomic E-state index is 2.52. The molecule has 0 amide bonds. The maximum absolute atomic E-state index is 2.52. The zero-order chi connectivity index (χ0) is 12.8. The molecular weight excluding hydrogens is 242 g/mol. The molecule has 1 aromatic rings. The Hall–Kier alpha value is 0.0800. The van der Waals surface area contributed by atoms with Gasteiger partial charge in [0.25, 0.3) is 0 Å². The van der Waals surface area contributed by atoms with Gasteiger partial charge in [0.1, 0.15) is 0 Å². The van der Waals surface area contributed by atoms with Crippen LogP contribution in [0.4, 0.5) is 0 Å². The first-order valence-electron chi connectivity index (χ1n) is 6.55. The fourth-order valence-corrected chi connectivity index (χ4v) is 13.0. The molecule has 0 spiro atoms. The minimum Gasteiger partial charge on any atom is -0.0616 e. The van der Waals surface area contributed by atoms with Gasteiger partial charge in [-0.3, -0.25) is 0 Å². The summed E-state index contributed by atoms with van der Waals surface area (Å²) in [7, 11) is -0.0123. The number of rotatable bonds is 2. The topological polar surface area (TPSA) is 0 Å². The molecule has 2 unspecified atom stereocenters. The van der Waals surface area contributed by atoms with Crippen LogP contribution in [-0.4, -0.2) is 16.2 Å². The van der Waals surface area contributed by atoms with E-state index in [0.717, 1.165) is 11.3 Å². The van der Waals surface area contributed by atoms with Gasteiger partial charge in [0.15, 0.2) is 0 Å². The molecule has 0 bridgehead atoms. The second-order valence-electron chi connectivity index (χ2n) is 5.91. The largest absolute Gasteiger partial charge is 0.0616 e. The Balaban J connectivity index is 2.59. The Morgan fingerprint density at radius 1 is 0.824 bits per heavy atom. The highest BCUT2D eigenvalue weighted by Gasteiger charge is 2.48. The molecule has 0 aromatic heterocycles. The molecule has 0 fully saturated rings. The summed E-state index contributed by atoms with van der Waals surface area (Å²) < 4.78 is 0. The molecule has 0 nitrogen and oxygen atoms in total. The SMILES string of the molecule is CC(C)P1c2ccccc2P(C(C)C)C1(C)C. The van der Waals surface area contributed by atoms with Crippen molar-refractivity contribution >= 4 is 26.5 Å². The van der Waals surface area contributed by atoms with Crippen molar-refractivity contribution in [1.29, 1.82) is 0 Å². The van der Waals surface area contributed by atoms with Crippen molar-refractivity contribution in [3.63, 3.8) is 0 Å². The number of hydrogen-bond acceptors (Lipinski definition) is 0. The maximum Gasteiger partial charge on any atom is 0.0136 e. The van der Waals surface area contributed by atoms with Crippen molar-refractivity contribution in [1.82, 2.24) is 0 Å². The predicted molar refractivity (Wildman–Crippen MR) is 83.9 cm³/mol. The van der Waals surface area contributed by atoms with Crippen LogP contribution >= 0.6 is 15.8 Å². The van der Waals surface area contributed by atoms with Crippen LogP contribution in [0, 0.1) is 0 Å². The van der Waals surface area contributed by atoms with Crippen molar-refractivity contribution in [2.75, 3.05) is 0 Å². The molecule has 1 aliphatic rings. The molecule has 2 heteroatoms. The molecule has 0 saturated heterocycles. The Kier molecular flexibility index (Phi) is 3.69. The van der Waals surface area contributed by atoms with Crippen LogP contribution in [0.15, 0.2) is 24.3 Å². The van der Waals surface area contributed by atoms with Gasteiger partial charge in [-0.05, 0) is 21.9 Å². The van der Waals surface area contributed by atoms with E-state index in [1.165, 1.54) is 0 Å². The average molecular weight is 266 g/mol. The van der Waals surface area contributed by atoms with E-state index in [4.69, 9.17) is 0 Å². The van der Waals surface area contributed by atoms with Crippen LogP contribution in [0.25, 0.3) is 0 Å². The standard InChI is InChI=1S/C15H24P2/c1-11(2)16-13-9-7-8-10-14(13)17(12(3)4)15(16,5)6/h7-12H,1-6H3. The van der Waals surface area contributed by atoms with Crippen molar-refractivity contribution in [3.8, 4) is 0 Å². The molecule has 17 heavy (non-hydrogen) atoms. The summed E-state index contributed by atoms with van der Waals surface area (Å²) in [6, 6.07) is 9.25. The van der Waals surface area contributed by atoms with E-state index < -0.39 is 0 Å². The van der Waals surface area contributed by atoms with E-state index in [0.29, 0.717) is 4.90 Å². The highest BCUT2D eigenvalue weighted by Crippen LogP contribution is 2.73. The van der Waals surface area contributed by atoms with Crippen LogP contribution in [-0.2, 0) is 0 Å². The lowest BCUT2D eigenvalue weighted by Crippen LogP contribution is -2.21. The van der Waals surface area contributed by atoms with Crippen molar-refractivity contribution < 1.29 is 0 Å². The van der Waals surface area contributed by atoms with Crippen molar-refractivity contribution in [3.05, 3.63) is 24.3 Å². The minimum atomic E-state index is -0.00617. The molecule has 1 heterocycles. The van der Waals surface area contributed by atoms with E-state index in [1.807, 2.05) is 0 Å². The van der Waals surface area contributed by atoms with Gasteiger partial charge in [-0.25, -0.2) is 0 Å². The number of benzene rings is 1. The summed E-state index contributed by atoms with van der Waals surface area (Å²) >= 11 is 0. The third kappa shape index (κ3) is 2.09. The summed E-state index contributed by atoms with van der Waals surface area (Å²) in [4.78, 5) is 0.511. The molecule has 0 aliphatic carbocycles. The number of hydrogen-bond donors (Lipinski definition) is 0. The highest BCUT2D eigenvalue weighted by atomic mass is 31.2. The molecule has 2 atom stereocenters. The molecule has 0 radical (unpaired) electrons. The van der Waals surface area contributed by atoms with E-state index >= 15 is 0 Å². The molecule has 94 valence electrons. The van der Waals surface area contributed by atoms with E-state index in [1.54, 1.807) is 10.6 Å². The molecule has 1 aromatic carbocycles. The van der Waals surface area contributed by atoms with Crippen LogP contribution in [0.3, 0.4) is 0 Å². The average Bonchev–Trinajstić information content (AvgIpc) is 2.42. The van der Waals surface area contributed by atoms with Crippen LogP contribution in [0.2, 0.25) is 0 Å². The van der Waals surface area contributed by atoms with Gasteiger partial charge < -0.3 is 0 Å². The second-order valence-corrected chi connectivity index (χ2v) is 13.0. The molecule has 1 aliphatic heterocycles. The second kappa shape index (κ2) is 4.64. The minimum absolute atomic E-state index is 0.00617. The van der Waals surface area contributed by atoms with Gasteiger partial charge in [-0.1, -0.05) is 81.7 Å². The first kappa shape index (κ1) is 13.5. The Bertz CT molecular complexity index is 370. The van der Waals surface area contributed by atoms with Gasteiger partial charge in [0.2, 0.25) is 0 Å². The van der Waals surface area contributed by atoms with Gasteiger partial charge in [0, 0.05) is 4.90 Å². The Morgan fingerprint density at radius 3 is 1.47 bits per heavy atom.